The molecule has 1 amide bonds. The van der Waals surface area contributed by atoms with Gasteiger partial charge in [-0.3, -0.25) is 9.59 Å². The molecule has 0 bridgehead atoms. The van der Waals surface area contributed by atoms with E-state index in [-0.39, 0.29) is 19.6 Å². The molecule has 34 heavy (non-hydrogen) atoms. The lowest BCUT2D eigenvalue weighted by Gasteiger charge is -2.39. The number of methoxy groups -OCH3 is 1. The molecule has 4 N–H and O–H groups in total. The molecule has 3 atom stereocenters. The van der Waals surface area contributed by atoms with Gasteiger partial charge in [-0.25, -0.2) is 4.79 Å². The van der Waals surface area contributed by atoms with Crippen LogP contribution >= 0.6 is 0 Å². The second kappa shape index (κ2) is 11.8. The van der Waals surface area contributed by atoms with Gasteiger partial charge in [-0.05, 0) is 38.3 Å². The Morgan fingerprint density at radius 1 is 0.912 bits per heavy atom. The zero-order valence-electron chi connectivity index (χ0n) is 20.2. The highest BCUT2D eigenvalue weighted by molar-refractivity contribution is 6.04. The fourth-order valence-corrected chi connectivity index (χ4v) is 3.74. The van der Waals surface area contributed by atoms with Crippen molar-refractivity contribution in [3.05, 3.63) is 71.8 Å². The van der Waals surface area contributed by atoms with Crippen LogP contribution in [0.5, 0.6) is 0 Å². The highest BCUT2D eigenvalue weighted by Gasteiger charge is 2.57. The lowest BCUT2D eigenvalue weighted by molar-refractivity contribution is -0.175. The molecule has 2 aromatic rings. The molecule has 0 aromatic heterocycles. The minimum Gasteiger partial charge on any atom is -0.459 e. The van der Waals surface area contributed by atoms with E-state index in [0.29, 0.717) is 0 Å². The van der Waals surface area contributed by atoms with Crippen LogP contribution in [-0.4, -0.2) is 42.7 Å². The van der Waals surface area contributed by atoms with Crippen LogP contribution in [0.1, 0.15) is 31.9 Å². The van der Waals surface area contributed by atoms with Crippen molar-refractivity contribution in [1.29, 1.82) is 0 Å². The van der Waals surface area contributed by atoms with Crippen LogP contribution in [0.15, 0.2) is 60.7 Å². The van der Waals surface area contributed by atoms with Gasteiger partial charge in [0.2, 0.25) is 5.91 Å². The summed E-state index contributed by atoms with van der Waals surface area (Å²) in [6.45, 7) is 4.81. The van der Waals surface area contributed by atoms with E-state index >= 15 is 0 Å². The second-order valence-corrected chi connectivity index (χ2v) is 9.21. The monoisotopic (exact) mass is 470 g/mol. The Morgan fingerprint density at radius 2 is 1.44 bits per heavy atom. The number of esters is 2. The zero-order valence-corrected chi connectivity index (χ0v) is 20.2. The van der Waals surface area contributed by atoms with E-state index in [1.54, 1.807) is 45.0 Å². The first-order valence-electron chi connectivity index (χ1n) is 11.0. The van der Waals surface area contributed by atoms with Crippen LogP contribution in [0, 0.1) is 11.8 Å². The van der Waals surface area contributed by atoms with E-state index in [2.05, 4.69) is 0 Å². The molecule has 0 saturated heterocycles. The summed E-state index contributed by atoms with van der Waals surface area (Å²) < 4.78 is 16.3. The molecule has 0 aliphatic rings. The predicted molar refractivity (Wildman–Crippen MR) is 127 cm³/mol. The smallest absolute Gasteiger partial charge is 0.328 e. The molecule has 0 aliphatic heterocycles. The van der Waals surface area contributed by atoms with Crippen LogP contribution in [0.25, 0.3) is 0 Å². The van der Waals surface area contributed by atoms with E-state index in [1.165, 1.54) is 7.11 Å². The highest BCUT2D eigenvalue weighted by atomic mass is 16.6. The Morgan fingerprint density at radius 3 is 1.91 bits per heavy atom. The summed E-state index contributed by atoms with van der Waals surface area (Å²) in [5.74, 6) is -5.63. The van der Waals surface area contributed by atoms with Gasteiger partial charge in [0.05, 0.1) is 6.61 Å². The Balaban J connectivity index is 2.51. The topological polar surface area (TPSA) is 131 Å². The van der Waals surface area contributed by atoms with Gasteiger partial charge >= 0.3 is 11.9 Å². The van der Waals surface area contributed by atoms with Gasteiger partial charge < -0.3 is 25.7 Å². The molecule has 0 aliphatic carbocycles. The van der Waals surface area contributed by atoms with Crippen LogP contribution in [-0.2, 0) is 41.6 Å². The number of nitrogens with two attached hydrogens (primary N) is 2. The van der Waals surface area contributed by atoms with Crippen molar-refractivity contribution in [2.75, 3.05) is 13.7 Å². The van der Waals surface area contributed by atoms with Gasteiger partial charge in [-0.2, -0.15) is 0 Å². The Bertz CT molecular complexity index is 958. The third kappa shape index (κ3) is 7.13. The summed E-state index contributed by atoms with van der Waals surface area (Å²) in [7, 11) is 1.44. The van der Waals surface area contributed by atoms with Crippen molar-refractivity contribution in [3.63, 3.8) is 0 Å². The quantitative estimate of drug-likeness (QED) is 0.381. The summed E-state index contributed by atoms with van der Waals surface area (Å²) in [4.78, 5) is 39.3. The maximum atomic E-state index is 13.5. The fraction of sp³-hybridized carbons (Fsp3) is 0.423. The van der Waals surface area contributed by atoms with Crippen molar-refractivity contribution < 1.29 is 28.6 Å². The molecule has 0 spiro atoms. The van der Waals surface area contributed by atoms with E-state index in [4.69, 9.17) is 25.7 Å². The number of benzene rings is 2. The van der Waals surface area contributed by atoms with Gasteiger partial charge in [-0.1, -0.05) is 60.7 Å². The first kappa shape index (κ1) is 27.0. The van der Waals surface area contributed by atoms with Crippen LogP contribution in [0.2, 0.25) is 0 Å². The molecule has 2 aromatic carbocycles. The number of amides is 1. The third-order valence-corrected chi connectivity index (χ3v) is 5.34. The van der Waals surface area contributed by atoms with Crippen molar-refractivity contribution in [1.82, 2.24) is 0 Å². The fourth-order valence-electron chi connectivity index (χ4n) is 3.74. The van der Waals surface area contributed by atoms with E-state index in [0.717, 1.165) is 11.1 Å². The maximum absolute atomic E-state index is 13.5. The molecule has 184 valence electrons. The van der Waals surface area contributed by atoms with Crippen molar-refractivity contribution in [2.24, 2.45) is 23.3 Å². The number of carbonyl (C=O) groups is 3. The molecular weight excluding hydrogens is 436 g/mol. The molecule has 0 saturated carbocycles. The number of carbonyl (C=O) groups excluding carboxylic acids is 3. The third-order valence-electron chi connectivity index (χ3n) is 5.34. The molecule has 0 radical (unpaired) electrons. The van der Waals surface area contributed by atoms with Crippen molar-refractivity contribution >= 4 is 17.8 Å². The number of ether oxygens (including phenoxy) is 3. The zero-order chi connectivity index (χ0) is 25.4. The number of rotatable bonds is 11. The van der Waals surface area contributed by atoms with Gasteiger partial charge in [0, 0.05) is 13.0 Å². The van der Waals surface area contributed by atoms with Crippen LogP contribution < -0.4 is 11.5 Å². The molecule has 8 heteroatoms. The van der Waals surface area contributed by atoms with Gasteiger partial charge in [0.1, 0.15) is 17.7 Å². The summed E-state index contributed by atoms with van der Waals surface area (Å²) in [5.41, 5.74) is 10.8. The van der Waals surface area contributed by atoms with Crippen LogP contribution in [0.3, 0.4) is 0 Å². The average molecular weight is 471 g/mol. The minimum absolute atomic E-state index is 0.0294. The largest absolute Gasteiger partial charge is 0.459 e. The van der Waals surface area contributed by atoms with Crippen LogP contribution in [0.4, 0.5) is 0 Å². The minimum atomic E-state index is -2.14. The summed E-state index contributed by atoms with van der Waals surface area (Å²) >= 11 is 0. The molecular formula is C26H34N2O6. The standard InChI is InChI=1S/C26H34N2O6/c1-25(2,3)34-23(30)21(22(27)29)26(28,24(31)33-16-19-13-9-6-10-14-19)20(17-32-4)15-18-11-7-5-8-12-18/h5-14,20-21H,15-17,28H2,1-4H3,(H2,27,29)/t20-,21-,26?/m1/s1. The second-order valence-electron chi connectivity index (χ2n) is 9.21. The number of primary amides is 1. The predicted octanol–water partition coefficient (Wildman–Crippen LogP) is 2.38. The lowest BCUT2D eigenvalue weighted by Crippen LogP contribution is -2.67. The summed E-state index contributed by atoms with van der Waals surface area (Å²) in [5, 5.41) is 0. The van der Waals surface area contributed by atoms with E-state index in [1.807, 2.05) is 36.4 Å². The molecule has 2 rings (SSSR count). The van der Waals surface area contributed by atoms with Gasteiger partial charge in [0.15, 0.2) is 5.92 Å². The Labute approximate surface area is 200 Å². The SMILES string of the molecule is COC[C@@H](Cc1ccccc1)C(N)(C(=O)OCc1ccccc1)[C@H](C(N)=O)C(=O)OC(C)(C)C. The molecule has 0 heterocycles. The number of hydrogen-bond acceptors (Lipinski definition) is 7. The molecule has 1 unspecified atom stereocenters. The highest BCUT2D eigenvalue weighted by Crippen LogP contribution is 2.32. The first-order valence-corrected chi connectivity index (χ1v) is 11.0. The lowest BCUT2D eigenvalue weighted by atomic mass is 9.71. The first-order chi connectivity index (χ1) is 16.0. The Kier molecular flexibility index (Phi) is 9.35. The van der Waals surface area contributed by atoms with Crippen molar-refractivity contribution in [2.45, 2.75) is 44.9 Å². The van der Waals surface area contributed by atoms with Crippen molar-refractivity contribution in [3.8, 4) is 0 Å². The van der Waals surface area contributed by atoms with E-state index < -0.39 is 40.8 Å². The summed E-state index contributed by atoms with van der Waals surface area (Å²) in [6, 6.07) is 18.2. The maximum Gasteiger partial charge on any atom is 0.328 e. The normalized spacial score (nSPS) is 15.0. The Hall–Kier alpha value is -3.23. The average Bonchev–Trinajstić information content (AvgIpc) is 2.77. The van der Waals surface area contributed by atoms with Gasteiger partial charge in [0.25, 0.3) is 0 Å². The summed E-state index contributed by atoms with van der Waals surface area (Å²) in [6.07, 6.45) is 0.234. The molecule has 0 fully saturated rings. The van der Waals surface area contributed by atoms with E-state index in [9.17, 15) is 14.4 Å². The number of hydrogen-bond donors (Lipinski definition) is 2. The molecule has 8 nitrogen and oxygen atoms in total. The van der Waals surface area contributed by atoms with Gasteiger partial charge in [-0.15, -0.1) is 0 Å².